The number of carbonyl (C=O) groups excluding carboxylic acids is 4. The number of aliphatic hydroxyl groups excluding tert-OH is 1. The number of unbranched alkanes of at least 4 members (excludes halogenated alkanes) is 36. The number of hydrogen-bond donors (Lipinski definition) is 1. The number of ether oxygens (including phenoxy) is 4. The molecule has 1 heterocycles. The van der Waals surface area contributed by atoms with E-state index in [1.165, 1.54) is 173 Å². The Bertz CT molecular complexity index is 1150. The van der Waals surface area contributed by atoms with Gasteiger partial charge in [0.2, 0.25) is 5.76 Å². The van der Waals surface area contributed by atoms with Crippen LogP contribution in [0.3, 0.4) is 0 Å². The van der Waals surface area contributed by atoms with E-state index in [0.717, 1.165) is 57.8 Å². The van der Waals surface area contributed by atoms with Crippen molar-refractivity contribution in [1.82, 2.24) is 0 Å². The lowest BCUT2D eigenvalue weighted by molar-refractivity contribution is -0.158. The second-order valence-corrected chi connectivity index (χ2v) is 18.7. The van der Waals surface area contributed by atoms with Gasteiger partial charge in [-0.3, -0.25) is 14.4 Å². The molecule has 0 aromatic heterocycles. The number of aliphatic hydroxyl groups is 1. The zero-order valence-electron chi connectivity index (χ0n) is 41.3. The summed E-state index contributed by atoms with van der Waals surface area (Å²) in [6.07, 6.45) is 43.9. The van der Waals surface area contributed by atoms with E-state index in [9.17, 15) is 24.3 Å². The lowest BCUT2D eigenvalue weighted by atomic mass is 10.0. The summed E-state index contributed by atoms with van der Waals surface area (Å²) >= 11 is 0. The summed E-state index contributed by atoms with van der Waals surface area (Å²) < 4.78 is 21.9. The van der Waals surface area contributed by atoms with Gasteiger partial charge in [-0.05, 0) is 19.3 Å². The summed E-state index contributed by atoms with van der Waals surface area (Å²) in [6.45, 7) is 6.29. The molecule has 0 aromatic carbocycles. The summed E-state index contributed by atoms with van der Waals surface area (Å²) in [7, 11) is 0. The number of cyclic esters (lactones) is 1. The lowest BCUT2D eigenvalue weighted by Crippen LogP contribution is -2.34. The number of carbonyl (C=O) groups is 4. The zero-order chi connectivity index (χ0) is 45.9. The smallest absolute Gasteiger partial charge is 0.378 e. The van der Waals surface area contributed by atoms with Gasteiger partial charge in [-0.25, -0.2) is 4.79 Å². The van der Waals surface area contributed by atoms with Gasteiger partial charge in [-0.1, -0.05) is 252 Å². The van der Waals surface area contributed by atoms with Crippen molar-refractivity contribution < 1.29 is 43.2 Å². The van der Waals surface area contributed by atoms with E-state index in [2.05, 4.69) is 20.8 Å². The normalized spacial score (nSPS) is 14.3. The Kier molecular flexibility index (Phi) is 40.4. The van der Waals surface area contributed by atoms with Crippen LogP contribution in [0, 0.1) is 0 Å². The van der Waals surface area contributed by atoms with Gasteiger partial charge in [0, 0.05) is 19.3 Å². The second-order valence-electron chi connectivity index (χ2n) is 18.7. The largest absolute Gasteiger partial charge is 0.463 e. The van der Waals surface area contributed by atoms with Crippen molar-refractivity contribution in [3.63, 3.8) is 0 Å². The molecule has 1 N–H and O–H groups in total. The quantitative estimate of drug-likeness (QED) is 0.0361. The maximum Gasteiger partial charge on any atom is 0.378 e. The number of rotatable bonds is 47. The Morgan fingerprint density at radius 3 is 1.02 bits per heavy atom. The molecule has 0 spiro atoms. The molecule has 0 radical (unpaired) electrons. The Hall–Kier alpha value is -2.42. The molecule has 0 aromatic rings. The van der Waals surface area contributed by atoms with Crippen LogP contribution in [0.1, 0.15) is 290 Å². The minimum absolute atomic E-state index is 0.110. The third kappa shape index (κ3) is 34.6. The third-order valence-electron chi connectivity index (χ3n) is 12.6. The van der Waals surface area contributed by atoms with Gasteiger partial charge in [0.05, 0.1) is 0 Å². The minimum atomic E-state index is -1.50. The predicted octanol–water partition coefficient (Wildman–Crippen LogP) is 15.6. The first kappa shape index (κ1) is 58.6. The SMILES string of the molecule is CCCCCCCCCCCCCCCC(=O)OC[C@H](O)[C@H]1OC(=O)C(OC(=O)CCCCCCCCCCCCCCC)=C1OC(=O)CCCCCCCCCCCCCCC. The molecule has 63 heavy (non-hydrogen) atoms. The highest BCUT2D eigenvalue weighted by atomic mass is 16.6. The van der Waals surface area contributed by atoms with Crippen LogP contribution >= 0.6 is 0 Å². The molecule has 1 rings (SSSR count). The Morgan fingerprint density at radius 2 is 0.698 bits per heavy atom. The molecule has 0 amide bonds. The first-order chi connectivity index (χ1) is 30.8. The van der Waals surface area contributed by atoms with E-state index < -0.39 is 48.5 Å². The lowest BCUT2D eigenvalue weighted by Gasteiger charge is -2.19. The van der Waals surface area contributed by atoms with Gasteiger partial charge in [0.25, 0.3) is 5.76 Å². The van der Waals surface area contributed by atoms with Crippen molar-refractivity contribution in [3.8, 4) is 0 Å². The van der Waals surface area contributed by atoms with Crippen molar-refractivity contribution in [2.24, 2.45) is 0 Å². The first-order valence-corrected chi connectivity index (χ1v) is 27.0. The summed E-state index contributed by atoms with van der Waals surface area (Å²) in [5, 5.41) is 11.0. The van der Waals surface area contributed by atoms with Crippen LogP contribution in [0.4, 0.5) is 0 Å². The Balaban J connectivity index is 2.54. The van der Waals surface area contributed by atoms with E-state index >= 15 is 0 Å². The van der Waals surface area contributed by atoms with Gasteiger partial charge >= 0.3 is 23.9 Å². The molecule has 9 nitrogen and oxygen atoms in total. The minimum Gasteiger partial charge on any atom is -0.463 e. The standard InChI is InChI=1S/C54H98O9/c1-4-7-10-13-16-19-22-25-28-31-34-37-40-43-48(56)60-46-47(55)51-52(61-49(57)44-41-38-35-32-29-26-23-20-17-14-11-8-5-2)53(54(59)63-51)62-50(58)45-42-39-36-33-30-27-24-21-18-15-12-9-6-3/h47,51,55H,4-46H2,1-3H3/t47-,51+/m0/s1. The van der Waals surface area contributed by atoms with Crippen LogP contribution in [-0.4, -0.2) is 47.8 Å². The topological polar surface area (TPSA) is 125 Å². The molecule has 0 saturated carbocycles. The van der Waals surface area contributed by atoms with Crippen molar-refractivity contribution >= 4 is 23.9 Å². The molecular weight excluding hydrogens is 793 g/mol. The van der Waals surface area contributed by atoms with Crippen molar-refractivity contribution in [3.05, 3.63) is 11.5 Å². The Labute approximate surface area is 386 Å². The van der Waals surface area contributed by atoms with Crippen molar-refractivity contribution in [2.75, 3.05) is 6.61 Å². The van der Waals surface area contributed by atoms with Crippen LogP contribution in [0.25, 0.3) is 0 Å². The predicted molar refractivity (Wildman–Crippen MR) is 257 cm³/mol. The van der Waals surface area contributed by atoms with Crippen LogP contribution in [0.15, 0.2) is 11.5 Å². The maximum absolute atomic E-state index is 13.1. The van der Waals surface area contributed by atoms with Crippen molar-refractivity contribution in [2.45, 2.75) is 303 Å². The Morgan fingerprint density at radius 1 is 0.429 bits per heavy atom. The molecule has 1 aliphatic rings. The summed E-state index contributed by atoms with van der Waals surface area (Å²) in [4.78, 5) is 51.5. The molecule has 0 unspecified atom stereocenters. The fraction of sp³-hybridized carbons (Fsp3) is 0.889. The molecule has 0 bridgehead atoms. The van der Waals surface area contributed by atoms with Gasteiger partial charge in [-0.15, -0.1) is 0 Å². The molecule has 9 heteroatoms. The molecule has 0 fully saturated rings. The van der Waals surface area contributed by atoms with E-state index in [1.54, 1.807) is 0 Å². The van der Waals surface area contributed by atoms with Crippen LogP contribution in [0.2, 0.25) is 0 Å². The zero-order valence-corrected chi connectivity index (χ0v) is 41.3. The van der Waals surface area contributed by atoms with E-state index in [1.807, 2.05) is 0 Å². The molecule has 0 saturated heterocycles. The fourth-order valence-electron chi connectivity index (χ4n) is 8.44. The van der Waals surface area contributed by atoms with E-state index in [-0.39, 0.29) is 25.0 Å². The van der Waals surface area contributed by atoms with Crippen LogP contribution in [0.5, 0.6) is 0 Å². The van der Waals surface area contributed by atoms with E-state index in [0.29, 0.717) is 19.3 Å². The number of hydrogen-bond acceptors (Lipinski definition) is 9. The summed E-state index contributed by atoms with van der Waals surface area (Å²) in [6, 6.07) is 0. The molecule has 368 valence electrons. The van der Waals surface area contributed by atoms with Crippen molar-refractivity contribution in [1.29, 1.82) is 0 Å². The van der Waals surface area contributed by atoms with Gasteiger partial charge in [-0.2, -0.15) is 0 Å². The summed E-state index contributed by atoms with van der Waals surface area (Å²) in [5.74, 6) is -3.47. The van der Waals surface area contributed by atoms with Gasteiger partial charge in [0.15, 0.2) is 6.10 Å². The average Bonchev–Trinajstić information content (AvgIpc) is 3.57. The molecular formula is C54H98O9. The molecule has 2 atom stereocenters. The average molecular weight is 891 g/mol. The first-order valence-electron chi connectivity index (χ1n) is 27.0. The maximum atomic E-state index is 13.1. The third-order valence-corrected chi connectivity index (χ3v) is 12.6. The van der Waals surface area contributed by atoms with Gasteiger partial charge < -0.3 is 24.1 Å². The highest BCUT2D eigenvalue weighted by molar-refractivity contribution is 5.93. The van der Waals surface area contributed by atoms with Crippen LogP contribution in [-0.2, 0) is 38.1 Å². The fourth-order valence-corrected chi connectivity index (χ4v) is 8.44. The molecule has 1 aliphatic heterocycles. The summed E-state index contributed by atoms with van der Waals surface area (Å²) in [5.41, 5.74) is 0. The van der Waals surface area contributed by atoms with Gasteiger partial charge in [0.1, 0.15) is 12.7 Å². The highest BCUT2D eigenvalue weighted by Gasteiger charge is 2.44. The number of esters is 4. The van der Waals surface area contributed by atoms with E-state index in [4.69, 9.17) is 18.9 Å². The highest BCUT2D eigenvalue weighted by Crippen LogP contribution is 2.29. The second kappa shape index (κ2) is 43.5. The van der Waals surface area contributed by atoms with Crippen LogP contribution < -0.4 is 0 Å². The molecule has 0 aliphatic carbocycles. The monoisotopic (exact) mass is 891 g/mol.